The highest BCUT2D eigenvalue weighted by atomic mass is 16.7. The first-order valence-electron chi connectivity index (χ1n) is 1.91. The molecule has 0 aromatic rings. The normalized spacial score (nSPS) is 22.9. The first-order valence-corrected chi connectivity index (χ1v) is 1.91. The van der Waals surface area contributed by atoms with E-state index in [0.717, 1.165) is 0 Å². The largest absolute Gasteiger partial charge is 0.465 e. The molecule has 0 aliphatic carbocycles. The molecule has 5 nitrogen and oxygen atoms in total. The van der Waals surface area contributed by atoms with E-state index in [1.165, 1.54) is 0 Å². The molecule has 0 aromatic heterocycles. The first-order chi connectivity index (χ1) is 3.63. The van der Waals surface area contributed by atoms with Gasteiger partial charge in [0.2, 0.25) is 0 Å². The second-order valence-electron chi connectivity index (χ2n) is 1.13. The van der Waals surface area contributed by atoms with Crippen LogP contribution in [-0.2, 0) is 4.74 Å². The predicted octanol–water partition coefficient (Wildman–Crippen LogP) is -1.04. The van der Waals surface area contributed by atoms with Crippen LogP contribution in [0.4, 0.5) is 4.79 Å². The van der Waals surface area contributed by atoms with Crippen LogP contribution in [0.15, 0.2) is 0 Å². The fourth-order valence-corrected chi connectivity index (χ4v) is 0.0430. The molecular weight excluding hydrogens is 114 g/mol. The molecule has 1 rings (SSSR count). The van der Waals surface area contributed by atoms with Crippen molar-refractivity contribution in [3.63, 3.8) is 0 Å². The summed E-state index contributed by atoms with van der Waals surface area (Å²) >= 11 is 0. The lowest BCUT2D eigenvalue weighted by molar-refractivity contribution is 0.156. The maximum absolute atomic E-state index is 8.78. The summed E-state index contributed by atoms with van der Waals surface area (Å²) < 4.78 is 4.26. The van der Waals surface area contributed by atoms with Crippen LogP contribution in [0.2, 0.25) is 0 Å². The highest BCUT2D eigenvalue weighted by Gasteiger charge is 2.16. The Hall–Kier alpha value is -0.810. The summed E-state index contributed by atoms with van der Waals surface area (Å²) in [5.41, 5.74) is 4.03. The zero-order valence-electron chi connectivity index (χ0n) is 4.07. The SMILES string of the molecule is NC(=O)O.OC1CO1. The van der Waals surface area contributed by atoms with Crippen LogP contribution >= 0.6 is 0 Å². The molecule has 1 atom stereocenters. The number of carboxylic acid groups (broad SMARTS) is 1. The molecule has 1 aliphatic rings. The summed E-state index contributed by atoms with van der Waals surface area (Å²) in [6, 6.07) is 0. The van der Waals surface area contributed by atoms with E-state index in [2.05, 4.69) is 10.5 Å². The van der Waals surface area contributed by atoms with Crippen LogP contribution in [0.25, 0.3) is 0 Å². The van der Waals surface area contributed by atoms with Gasteiger partial charge in [-0.05, 0) is 0 Å². The lowest BCUT2D eigenvalue weighted by Gasteiger charge is -1.61. The van der Waals surface area contributed by atoms with E-state index in [0.29, 0.717) is 6.61 Å². The number of carbonyl (C=O) groups is 1. The third kappa shape index (κ3) is 19.0. The molecule has 8 heavy (non-hydrogen) atoms. The van der Waals surface area contributed by atoms with Crippen LogP contribution < -0.4 is 5.73 Å². The highest BCUT2D eigenvalue weighted by Crippen LogP contribution is 2.00. The van der Waals surface area contributed by atoms with E-state index < -0.39 is 12.4 Å². The van der Waals surface area contributed by atoms with Gasteiger partial charge in [-0.1, -0.05) is 0 Å². The molecule has 48 valence electrons. The van der Waals surface area contributed by atoms with Crippen LogP contribution in [0, 0.1) is 0 Å². The summed E-state index contributed by atoms with van der Waals surface area (Å²) in [6.45, 7) is 0.542. The third-order valence-electron chi connectivity index (χ3n) is 0.316. The van der Waals surface area contributed by atoms with Gasteiger partial charge in [0.25, 0.3) is 0 Å². The first kappa shape index (κ1) is 7.19. The minimum absolute atomic E-state index is 0.417. The molecule has 0 saturated carbocycles. The number of hydrogen-bond acceptors (Lipinski definition) is 3. The van der Waals surface area contributed by atoms with Crippen molar-refractivity contribution in [1.29, 1.82) is 0 Å². The lowest BCUT2D eigenvalue weighted by Crippen LogP contribution is -2.03. The van der Waals surface area contributed by atoms with Gasteiger partial charge in [-0.25, -0.2) is 4.79 Å². The number of aliphatic hydroxyl groups is 1. The molecule has 0 spiro atoms. The quantitative estimate of drug-likeness (QED) is 0.356. The molecule has 4 N–H and O–H groups in total. The molecule has 1 unspecified atom stereocenters. The Bertz CT molecular complexity index is 75.4. The lowest BCUT2D eigenvalue weighted by atomic mass is 10.9. The predicted molar refractivity (Wildman–Crippen MR) is 24.2 cm³/mol. The minimum Gasteiger partial charge on any atom is -0.465 e. The summed E-state index contributed by atoms with van der Waals surface area (Å²) in [5.74, 6) is 0. The number of primary amides is 1. The Morgan fingerprint density at radius 3 is 2.00 bits per heavy atom. The van der Waals surface area contributed by atoms with Crippen molar-refractivity contribution in [3.8, 4) is 0 Å². The number of hydrogen-bond donors (Lipinski definition) is 3. The van der Waals surface area contributed by atoms with Gasteiger partial charge in [-0.15, -0.1) is 0 Å². The van der Waals surface area contributed by atoms with Gasteiger partial charge in [0.05, 0.1) is 0 Å². The number of rotatable bonds is 0. The van der Waals surface area contributed by atoms with Crippen molar-refractivity contribution in [2.24, 2.45) is 5.73 Å². The van der Waals surface area contributed by atoms with E-state index in [9.17, 15) is 0 Å². The van der Waals surface area contributed by atoms with Gasteiger partial charge in [0.15, 0.2) is 6.29 Å². The molecule has 1 aliphatic heterocycles. The van der Waals surface area contributed by atoms with Gasteiger partial charge in [0.1, 0.15) is 6.61 Å². The van der Waals surface area contributed by atoms with Crippen LogP contribution in [0.5, 0.6) is 0 Å². The zero-order chi connectivity index (χ0) is 6.57. The monoisotopic (exact) mass is 121 g/mol. The summed E-state index contributed by atoms with van der Waals surface area (Å²) in [4.78, 5) is 8.78. The van der Waals surface area contributed by atoms with E-state index in [4.69, 9.17) is 15.0 Å². The summed E-state index contributed by atoms with van der Waals surface area (Å²) in [6.07, 6.45) is -1.75. The molecular formula is C3H7NO4. The smallest absolute Gasteiger partial charge is 0.402 e. The van der Waals surface area contributed by atoms with Crippen molar-refractivity contribution in [2.45, 2.75) is 6.29 Å². The number of aliphatic hydroxyl groups excluding tert-OH is 1. The summed E-state index contributed by atoms with van der Waals surface area (Å²) in [7, 11) is 0. The molecule has 0 radical (unpaired) electrons. The average Bonchev–Trinajstić information content (AvgIpc) is 2.19. The maximum atomic E-state index is 8.78. The zero-order valence-corrected chi connectivity index (χ0v) is 4.07. The van der Waals surface area contributed by atoms with Crippen molar-refractivity contribution in [3.05, 3.63) is 0 Å². The van der Waals surface area contributed by atoms with Crippen LogP contribution in [0.1, 0.15) is 0 Å². The summed E-state index contributed by atoms with van der Waals surface area (Å²) in [5, 5.41) is 15.1. The van der Waals surface area contributed by atoms with Crippen molar-refractivity contribution in [2.75, 3.05) is 6.61 Å². The van der Waals surface area contributed by atoms with Crippen LogP contribution in [-0.4, -0.2) is 29.2 Å². The third-order valence-corrected chi connectivity index (χ3v) is 0.316. The van der Waals surface area contributed by atoms with Gasteiger partial charge >= 0.3 is 6.09 Å². The Labute approximate surface area is 45.7 Å². The second kappa shape index (κ2) is 3.23. The Kier molecular flexibility index (Phi) is 2.90. The Morgan fingerprint density at radius 1 is 1.88 bits per heavy atom. The Balaban J connectivity index is 0.000000122. The van der Waals surface area contributed by atoms with Gasteiger partial charge < -0.3 is 20.7 Å². The fraction of sp³-hybridized carbons (Fsp3) is 0.667. The molecule has 0 bridgehead atoms. The number of nitrogens with two attached hydrogens (primary N) is 1. The van der Waals surface area contributed by atoms with Crippen molar-refractivity contribution < 1.29 is 19.7 Å². The van der Waals surface area contributed by atoms with E-state index in [1.807, 2.05) is 0 Å². The second-order valence-corrected chi connectivity index (χ2v) is 1.13. The van der Waals surface area contributed by atoms with Gasteiger partial charge in [0, 0.05) is 0 Å². The highest BCUT2D eigenvalue weighted by molar-refractivity contribution is 5.61. The average molecular weight is 121 g/mol. The number of ether oxygens (including phenoxy) is 1. The van der Waals surface area contributed by atoms with E-state index >= 15 is 0 Å². The molecule has 0 aromatic carbocycles. The standard InChI is InChI=1S/C2H4O2.CH3NO2/c3-2-1-4-2;2-1(3)4/h2-3H,1H2;2H2,(H,3,4). The van der Waals surface area contributed by atoms with Gasteiger partial charge in [-0.3, -0.25) is 0 Å². The van der Waals surface area contributed by atoms with Crippen molar-refractivity contribution in [1.82, 2.24) is 0 Å². The fourth-order valence-electron chi connectivity index (χ4n) is 0.0430. The molecule has 1 fully saturated rings. The van der Waals surface area contributed by atoms with E-state index in [1.54, 1.807) is 0 Å². The molecule has 1 saturated heterocycles. The minimum atomic E-state index is -1.33. The molecule has 1 heterocycles. The Morgan fingerprint density at radius 2 is 2.00 bits per heavy atom. The molecule has 5 heteroatoms. The molecule has 1 amide bonds. The van der Waals surface area contributed by atoms with E-state index in [-0.39, 0.29) is 0 Å². The van der Waals surface area contributed by atoms with Gasteiger partial charge in [-0.2, -0.15) is 0 Å². The topological polar surface area (TPSA) is 96.1 Å². The number of epoxide rings is 1. The number of amides is 1. The maximum Gasteiger partial charge on any atom is 0.402 e. The van der Waals surface area contributed by atoms with Crippen molar-refractivity contribution >= 4 is 6.09 Å². The van der Waals surface area contributed by atoms with Crippen LogP contribution in [0.3, 0.4) is 0 Å².